The molecule has 0 amide bonds. The zero-order valence-electron chi connectivity index (χ0n) is 10.00. The average Bonchev–Trinajstić information content (AvgIpc) is 2.38. The molecular weight excluding hydrogens is 272 g/mol. The normalized spacial score (nSPS) is 10.5. The third-order valence-electron chi connectivity index (χ3n) is 2.57. The molecule has 0 saturated heterocycles. The van der Waals surface area contributed by atoms with E-state index in [0.717, 1.165) is 0 Å². The van der Waals surface area contributed by atoms with Crippen LogP contribution in [0.3, 0.4) is 0 Å². The minimum atomic E-state index is -0.551. The molecule has 19 heavy (non-hydrogen) atoms. The lowest BCUT2D eigenvalue weighted by Gasteiger charge is -2.12. The molecule has 0 spiro atoms. The van der Waals surface area contributed by atoms with E-state index >= 15 is 0 Å². The lowest BCUT2D eigenvalue weighted by molar-refractivity contribution is 0.435. The quantitative estimate of drug-likeness (QED) is 0.923. The van der Waals surface area contributed by atoms with Crippen molar-refractivity contribution in [3.8, 4) is 11.5 Å². The van der Waals surface area contributed by atoms with Crippen LogP contribution in [-0.2, 0) is 6.42 Å². The van der Waals surface area contributed by atoms with Gasteiger partial charge in [0.1, 0.15) is 11.6 Å². The highest BCUT2D eigenvalue weighted by atomic mass is 35.5. The topological polar surface area (TPSA) is 35.2 Å². The molecule has 100 valence electrons. The maximum absolute atomic E-state index is 13.8. The molecule has 0 aliphatic heterocycles. The largest absolute Gasteiger partial charge is 0.454 e. The number of halogens is 3. The molecule has 2 N–H and O–H groups in total. The van der Waals surface area contributed by atoms with Crippen molar-refractivity contribution < 1.29 is 13.5 Å². The lowest BCUT2D eigenvalue weighted by Crippen LogP contribution is -2.05. The molecular formula is C14H12ClF2NO. The zero-order valence-corrected chi connectivity index (χ0v) is 10.8. The van der Waals surface area contributed by atoms with Gasteiger partial charge >= 0.3 is 0 Å². The van der Waals surface area contributed by atoms with Crippen LogP contribution in [-0.4, -0.2) is 6.54 Å². The standard InChI is InChI=1S/C14H12ClF2NO/c15-11-8-10(4-5-12(11)16)19-14-9(6-7-18)2-1-3-13(14)17/h1-5,8H,6-7,18H2. The van der Waals surface area contributed by atoms with Crippen molar-refractivity contribution in [2.75, 3.05) is 6.54 Å². The third kappa shape index (κ3) is 3.22. The summed E-state index contributed by atoms with van der Waals surface area (Å²) >= 11 is 5.65. The highest BCUT2D eigenvalue weighted by molar-refractivity contribution is 6.30. The van der Waals surface area contributed by atoms with Crippen LogP contribution < -0.4 is 10.5 Å². The van der Waals surface area contributed by atoms with E-state index in [2.05, 4.69) is 0 Å². The van der Waals surface area contributed by atoms with Crippen LogP contribution in [0.15, 0.2) is 36.4 Å². The van der Waals surface area contributed by atoms with Crippen LogP contribution in [0.1, 0.15) is 5.56 Å². The molecule has 0 radical (unpaired) electrons. The predicted molar refractivity (Wildman–Crippen MR) is 70.6 cm³/mol. The van der Waals surface area contributed by atoms with Crippen molar-refractivity contribution in [3.05, 3.63) is 58.6 Å². The molecule has 2 aromatic carbocycles. The molecule has 0 fully saturated rings. The molecule has 0 bridgehead atoms. The first-order chi connectivity index (χ1) is 9.11. The summed E-state index contributed by atoms with van der Waals surface area (Å²) in [6.07, 6.45) is 0.488. The van der Waals surface area contributed by atoms with Crippen LogP contribution >= 0.6 is 11.6 Å². The Balaban J connectivity index is 2.34. The Morgan fingerprint density at radius 2 is 1.89 bits per heavy atom. The van der Waals surface area contributed by atoms with Crippen LogP contribution in [0.2, 0.25) is 5.02 Å². The van der Waals surface area contributed by atoms with E-state index in [1.165, 1.54) is 24.3 Å². The zero-order chi connectivity index (χ0) is 13.8. The second-order valence-electron chi connectivity index (χ2n) is 3.94. The van der Waals surface area contributed by atoms with Gasteiger partial charge in [0.05, 0.1) is 5.02 Å². The monoisotopic (exact) mass is 283 g/mol. The number of hydrogen-bond acceptors (Lipinski definition) is 2. The Labute approximate surface area is 114 Å². The Morgan fingerprint density at radius 1 is 1.11 bits per heavy atom. The third-order valence-corrected chi connectivity index (χ3v) is 2.86. The van der Waals surface area contributed by atoms with Gasteiger partial charge < -0.3 is 10.5 Å². The number of benzene rings is 2. The van der Waals surface area contributed by atoms with Gasteiger partial charge in [-0.05, 0) is 36.7 Å². The van der Waals surface area contributed by atoms with Gasteiger partial charge in [-0.3, -0.25) is 0 Å². The van der Waals surface area contributed by atoms with Crippen LogP contribution in [0.25, 0.3) is 0 Å². The fraction of sp³-hybridized carbons (Fsp3) is 0.143. The summed E-state index contributed by atoms with van der Waals surface area (Å²) in [4.78, 5) is 0. The molecule has 5 heteroatoms. The van der Waals surface area contributed by atoms with Gasteiger partial charge in [-0.1, -0.05) is 23.7 Å². The van der Waals surface area contributed by atoms with E-state index in [4.69, 9.17) is 22.1 Å². The summed E-state index contributed by atoms with van der Waals surface area (Å²) in [6, 6.07) is 8.47. The fourth-order valence-corrected chi connectivity index (χ4v) is 1.85. The second kappa shape index (κ2) is 5.99. The van der Waals surface area contributed by atoms with Gasteiger partial charge in [-0.15, -0.1) is 0 Å². The molecule has 0 aliphatic rings. The van der Waals surface area contributed by atoms with Crippen molar-refractivity contribution >= 4 is 11.6 Å². The number of rotatable bonds is 4. The lowest BCUT2D eigenvalue weighted by atomic mass is 10.1. The van der Waals surface area contributed by atoms with Gasteiger partial charge in [0.2, 0.25) is 0 Å². The van der Waals surface area contributed by atoms with Crippen LogP contribution in [0, 0.1) is 11.6 Å². The van der Waals surface area contributed by atoms with Gasteiger partial charge in [-0.2, -0.15) is 0 Å². The van der Waals surface area contributed by atoms with Crippen molar-refractivity contribution in [1.29, 1.82) is 0 Å². The summed E-state index contributed by atoms with van der Waals surface area (Å²) in [7, 11) is 0. The first kappa shape index (κ1) is 13.8. The molecule has 0 saturated carbocycles. The number of nitrogens with two attached hydrogens (primary N) is 1. The summed E-state index contributed by atoms with van der Waals surface area (Å²) in [5, 5.41) is -0.0748. The first-order valence-corrected chi connectivity index (χ1v) is 6.10. The highest BCUT2D eigenvalue weighted by Crippen LogP contribution is 2.30. The molecule has 0 aliphatic carbocycles. The summed E-state index contributed by atoms with van der Waals surface area (Å²) in [5.41, 5.74) is 6.12. The van der Waals surface area contributed by atoms with Crippen LogP contribution in [0.5, 0.6) is 11.5 Å². The van der Waals surface area contributed by atoms with E-state index in [0.29, 0.717) is 18.5 Å². The van der Waals surface area contributed by atoms with E-state index < -0.39 is 11.6 Å². The summed E-state index contributed by atoms with van der Waals surface area (Å²) < 4.78 is 32.3. The Kier molecular flexibility index (Phi) is 4.35. The smallest absolute Gasteiger partial charge is 0.166 e. The Bertz CT molecular complexity index is 590. The number of ether oxygens (including phenoxy) is 1. The molecule has 2 nitrogen and oxygen atoms in total. The molecule has 0 aromatic heterocycles. The van der Waals surface area contributed by atoms with Crippen molar-refractivity contribution in [3.63, 3.8) is 0 Å². The van der Waals surface area contributed by atoms with Gasteiger partial charge in [0, 0.05) is 6.07 Å². The number of hydrogen-bond donors (Lipinski definition) is 1. The molecule has 2 aromatic rings. The van der Waals surface area contributed by atoms with Crippen molar-refractivity contribution in [1.82, 2.24) is 0 Å². The van der Waals surface area contributed by atoms with Crippen molar-refractivity contribution in [2.24, 2.45) is 5.73 Å². The van der Waals surface area contributed by atoms with E-state index in [1.54, 1.807) is 12.1 Å². The molecule has 0 atom stereocenters. The van der Waals surface area contributed by atoms with E-state index in [1.807, 2.05) is 0 Å². The fourth-order valence-electron chi connectivity index (χ4n) is 1.68. The average molecular weight is 284 g/mol. The molecule has 0 heterocycles. The summed E-state index contributed by atoms with van der Waals surface area (Å²) in [6.45, 7) is 0.379. The first-order valence-electron chi connectivity index (χ1n) is 5.72. The summed E-state index contributed by atoms with van der Waals surface area (Å²) in [5.74, 6) is -0.679. The SMILES string of the molecule is NCCc1cccc(F)c1Oc1ccc(F)c(Cl)c1. The number of para-hydroxylation sites is 1. The van der Waals surface area contributed by atoms with Gasteiger partial charge in [0.25, 0.3) is 0 Å². The Hall–Kier alpha value is -1.65. The predicted octanol–water partition coefficient (Wildman–Crippen LogP) is 3.91. The maximum atomic E-state index is 13.8. The van der Waals surface area contributed by atoms with Gasteiger partial charge in [0.15, 0.2) is 11.6 Å². The molecule has 0 unspecified atom stereocenters. The highest BCUT2D eigenvalue weighted by Gasteiger charge is 2.11. The Morgan fingerprint density at radius 3 is 2.58 bits per heavy atom. The second-order valence-corrected chi connectivity index (χ2v) is 4.35. The molecule has 2 rings (SSSR count). The van der Waals surface area contributed by atoms with Crippen molar-refractivity contribution in [2.45, 2.75) is 6.42 Å². The minimum absolute atomic E-state index is 0.0748. The van der Waals surface area contributed by atoms with E-state index in [9.17, 15) is 8.78 Å². The minimum Gasteiger partial charge on any atom is -0.454 e. The van der Waals surface area contributed by atoms with Crippen LogP contribution in [0.4, 0.5) is 8.78 Å². The van der Waals surface area contributed by atoms with Gasteiger partial charge in [-0.25, -0.2) is 8.78 Å². The maximum Gasteiger partial charge on any atom is 0.166 e. The van der Waals surface area contributed by atoms with E-state index in [-0.39, 0.29) is 16.5 Å².